The molecule has 0 radical (unpaired) electrons. The molecule has 3 nitrogen and oxygen atoms in total. The third-order valence-corrected chi connectivity index (χ3v) is 3.51. The number of aliphatic hydroxyl groups excluding tert-OH is 1. The topological polar surface area (TPSA) is 41.5 Å². The molecular weight excluding hydrogens is 262 g/mol. The zero-order chi connectivity index (χ0) is 15.5. The molecule has 0 aliphatic rings. The van der Waals surface area contributed by atoms with Gasteiger partial charge in [-0.25, -0.2) is 0 Å². The normalized spacial score (nSPS) is 12.6. The Morgan fingerprint density at radius 1 is 1.24 bits per heavy atom. The van der Waals surface area contributed by atoms with Gasteiger partial charge in [-0.2, -0.15) is 0 Å². The quantitative estimate of drug-likeness (QED) is 0.614. The van der Waals surface area contributed by atoms with Gasteiger partial charge in [0.2, 0.25) is 0 Å². The van der Waals surface area contributed by atoms with E-state index < -0.39 is 6.10 Å². The number of aryl methyl sites for hydroxylation is 1. The van der Waals surface area contributed by atoms with Gasteiger partial charge >= 0.3 is 0 Å². The lowest BCUT2D eigenvalue weighted by molar-refractivity contribution is 0.106. The molecular formula is C18H31NO2. The molecule has 0 aromatic heterocycles. The highest BCUT2D eigenvalue weighted by Crippen LogP contribution is 2.13. The summed E-state index contributed by atoms with van der Waals surface area (Å²) in [6.45, 7) is 8.53. The Balaban J connectivity index is 2.09. The lowest BCUT2D eigenvalue weighted by atomic mass is 10.1. The van der Waals surface area contributed by atoms with Crippen LogP contribution in [0.2, 0.25) is 0 Å². The van der Waals surface area contributed by atoms with Gasteiger partial charge < -0.3 is 15.2 Å². The zero-order valence-electron chi connectivity index (χ0n) is 13.8. The Morgan fingerprint density at radius 3 is 2.76 bits per heavy atom. The Hall–Kier alpha value is -1.06. The number of nitrogens with one attached hydrogen (secondary N) is 1. The standard InChI is InChI=1S/C18H31NO2/c1-4-16-9-7-10-18(12-16)21-14-17(20)13-19-11-6-5-8-15(2)3/h7,9-10,12,15,17,19-20H,4-6,8,11,13-14H2,1-3H3. The van der Waals surface area contributed by atoms with Crippen LogP contribution < -0.4 is 10.1 Å². The minimum atomic E-state index is -0.458. The number of aliphatic hydroxyl groups is 1. The third kappa shape index (κ3) is 8.74. The van der Waals surface area contributed by atoms with E-state index in [1.165, 1.54) is 24.8 Å². The van der Waals surface area contributed by atoms with Crippen molar-refractivity contribution in [3.8, 4) is 5.75 Å². The maximum absolute atomic E-state index is 9.89. The van der Waals surface area contributed by atoms with Crippen LogP contribution in [0.15, 0.2) is 24.3 Å². The van der Waals surface area contributed by atoms with E-state index in [-0.39, 0.29) is 0 Å². The molecule has 0 amide bonds. The summed E-state index contributed by atoms with van der Waals surface area (Å²) in [5.41, 5.74) is 1.25. The first-order valence-electron chi connectivity index (χ1n) is 8.22. The highest BCUT2D eigenvalue weighted by Gasteiger charge is 2.05. The highest BCUT2D eigenvalue weighted by atomic mass is 16.5. The van der Waals surface area contributed by atoms with Crippen molar-refractivity contribution in [1.29, 1.82) is 0 Å². The maximum atomic E-state index is 9.89. The summed E-state index contributed by atoms with van der Waals surface area (Å²) in [5.74, 6) is 1.62. The van der Waals surface area contributed by atoms with Gasteiger partial charge in [-0.1, -0.05) is 45.7 Å². The van der Waals surface area contributed by atoms with Crippen LogP contribution in [-0.2, 0) is 6.42 Å². The van der Waals surface area contributed by atoms with Gasteiger partial charge in [-0.15, -0.1) is 0 Å². The van der Waals surface area contributed by atoms with Crippen LogP contribution in [0.5, 0.6) is 5.75 Å². The van der Waals surface area contributed by atoms with Gasteiger partial charge in [0.05, 0.1) is 0 Å². The Labute approximate surface area is 129 Å². The molecule has 1 rings (SSSR count). The van der Waals surface area contributed by atoms with Crippen molar-refractivity contribution >= 4 is 0 Å². The molecule has 21 heavy (non-hydrogen) atoms. The molecule has 0 fully saturated rings. The van der Waals surface area contributed by atoms with Crippen LogP contribution in [0.4, 0.5) is 0 Å². The van der Waals surface area contributed by atoms with Gasteiger partial charge in [0, 0.05) is 6.54 Å². The predicted molar refractivity (Wildman–Crippen MR) is 88.9 cm³/mol. The first-order chi connectivity index (χ1) is 10.1. The highest BCUT2D eigenvalue weighted by molar-refractivity contribution is 5.28. The molecule has 0 heterocycles. The molecule has 0 spiro atoms. The summed E-state index contributed by atoms with van der Waals surface area (Å²) in [5, 5.41) is 13.2. The van der Waals surface area contributed by atoms with E-state index in [4.69, 9.17) is 4.74 Å². The largest absolute Gasteiger partial charge is 0.491 e. The fraction of sp³-hybridized carbons (Fsp3) is 0.667. The van der Waals surface area contributed by atoms with E-state index in [2.05, 4.69) is 32.2 Å². The molecule has 0 aliphatic carbocycles. The number of hydrogen-bond donors (Lipinski definition) is 2. The van der Waals surface area contributed by atoms with Gasteiger partial charge in [0.1, 0.15) is 18.5 Å². The van der Waals surface area contributed by atoms with E-state index in [0.29, 0.717) is 13.2 Å². The molecule has 1 aromatic carbocycles. The lowest BCUT2D eigenvalue weighted by Crippen LogP contribution is -2.32. The molecule has 0 bridgehead atoms. The fourth-order valence-electron chi connectivity index (χ4n) is 2.18. The summed E-state index contributed by atoms with van der Waals surface area (Å²) in [4.78, 5) is 0. The molecule has 2 N–H and O–H groups in total. The molecule has 1 aromatic rings. The third-order valence-electron chi connectivity index (χ3n) is 3.51. The summed E-state index contributed by atoms with van der Waals surface area (Å²) < 4.78 is 5.63. The number of hydrogen-bond acceptors (Lipinski definition) is 3. The van der Waals surface area contributed by atoms with Crippen LogP contribution in [0.3, 0.4) is 0 Å². The van der Waals surface area contributed by atoms with Crippen LogP contribution in [0, 0.1) is 5.92 Å². The SMILES string of the molecule is CCc1cccc(OCC(O)CNCCCCC(C)C)c1. The van der Waals surface area contributed by atoms with Gasteiger partial charge in [0.15, 0.2) is 0 Å². The monoisotopic (exact) mass is 293 g/mol. The first kappa shape index (κ1) is 18.0. The fourth-order valence-corrected chi connectivity index (χ4v) is 2.18. The van der Waals surface area contributed by atoms with E-state index in [1.54, 1.807) is 0 Å². The zero-order valence-corrected chi connectivity index (χ0v) is 13.8. The van der Waals surface area contributed by atoms with Gasteiger partial charge in [-0.3, -0.25) is 0 Å². The average molecular weight is 293 g/mol. The molecule has 1 unspecified atom stereocenters. The first-order valence-corrected chi connectivity index (χ1v) is 8.22. The number of unbranched alkanes of at least 4 members (excludes halogenated alkanes) is 1. The predicted octanol–water partition coefficient (Wildman–Crippen LogP) is 3.40. The van der Waals surface area contributed by atoms with Crippen molar-refractivity contribution in [1.82, 2.24) is 5.32 Å². The average Bonchev–Trinajstić information content (AvgIpc) is 2.48. The summed E-state index contributed by atoms with van der Waals surface area (Å²) >= 11 is 0. The van der Waals surface area contributed by atoms with Crippen molar-refractivity contribution in [3.05, 3.63) is 29.8 Å². The molecule has 1 atom stereocenters. The minimum Gasteiger partial charge on any atom is -0.491 e. The molecule has 0 saturated heterocycles. The second kappa shape index (κ2) is 10.6. The van der Waals surface area contributed by atoms with Crippen molar-refractivity contribution in [2.24, 2.45) is 5.92 Å². The lowest BCUT2D eigenvalue weighted by Gasteiger charge is -2.14. The molecule has 120 valence electrons. The number of rotatable bonds is 11. The van der Waals surface area contributed by atoms with Crippen LogP contribution in [0.1, 0.15) is 45.6 Å². The number of benzene rings is 1. The van der Waals surface area contributed by atoms with Gasteiger partial charge in [0.25, 0.3) is 0 Å². The van der Waals surface area contributed by atoms with E-state index >= 15 is 0 Å². The van der Waals surface area contributed by atoms with Crippen LogP contribution in [0.25, 0.3) is 0 Å². The molecule has 0 saturated carbocycles. The molecule has 3 heteroatoms. The summed E-state index contributed by atoms with van der Waals surface area (Å²) in [6, 6.07) is 8.05. The van der Waals surface area contributed by atoms with Crippen LogP contribution in [-0.4, -0.2) is 30.9 Å². The smallest absolute Gasteiger partial charge is 0.119 e. The minimum absolute atomic E-state index is 0.339. The second-order valence-corrected chi connectivity index (χ2v) is 6.06. The van der Waals surface area contributed by atoms with Crippen molar-refractivity contribution in [3.63, 3.8) is 0 Å². The molecule has 0 aliphatic heterocycles. The van der Waals surface area contributed by atoms with Crippen molar-refractivity contribution < 1.29 is 9.84 Å². The number of ether oxygens (including phenoxy) is 1. The Morgan fingerprint density at radius 2 is 2.05 bits per heavy atom. The van der Waals surface area contributed by atoms with E-state index in [0.717, 1.165) is 24.6 Å². The van der Waals surface area contributed by atoms with E-state index in [1.807, 2.05) is 18.2 Å². The Kier molecular flexibility index (Phi) is 9.11. The summed E-state index contributed by atoms with van der Waals surface area (Å²) in [7, 11) is 0. The van der Waals surface area contributed by atoms with Crippen molar-refractivity contribution in [2.45, 2.75) is 52.6 Å². The van der Waals surface area contributed by atoms with E-state index in [9.17, 15) is 5.11 Å². The Bertz CT molecular complexity index is 379. The second-order valence-electron chi connectivity index (χ2n) is 6.06. The summed E-state index contributed by atoms with van der Waals surface area (Å²) in [6.07, 6.45) is 4.24. The maximum Gasteiger partial charge on any atom is 0.119 e. The van der Waals surface area contributed by atoms with Crippen molar-refractivity contribution in [2.75, 3.05) is 19.7 Å². The van der Waals surface area contributed by atoms with Crippen LogP contribution >= 0.6 is 0 Å². The van der Waals surface area contributed by atoms with Gasteiger partial charge in [-0.05, 0) is 43.0 Å².